The third-order valence-corrected chi connectivity index (χ3v) is 3.53. The van der Waals surface area contributed by atoms with Crippen LogP contribution in [0.4, 0.5) is 5.69 Å². The van der Waals surface area contributed by atoms with Crippen molar-refractivity contribution < 1.29 is 5.11 Å². The highest BCUT2D eigenvalue weighted by Crippen LogP contribution is 2.28. The van der Waals surface area contributed by atoms with Gasteiger partial charge in [-0.3, -0.25) is 0 Å². The van der Waals surface area contributed by atoms with Gasteiger partial charge in [0.25, 0.3) is 0 Å². The first-order valence-corrected chi connectivity index (χ1v) is 6.70. The van der Waals surface area contributed by atoms with Crippen molar-refractivity contribution in [3.63, 3.8) is 0 Å². The van der Waals surface area contributed by atoms with Crippen molar-refractivity contribution in [3.8, 4) is 0 Å². The van der Waals surface area contributed by atoms with Crippen LogP contribution >= 0.6 is 23.2 Å². The molecule has 1 unspecified atom stereocenters. The molecule has 0 aromatic heterocycles. The molecule has 0 aliphatic heterocycles. The molecule has 0 saturated heterocycles. The highest BCUT2D eigenvalue weighted by Gasteiger charge is 2.25. The first kappa shape index (κ1) is 14.2. The van der Waals surface area contributed by atoms with E-state index in [1.807, 2.05) is 43.3 Å². The predicted molar refractivity (Wildman–Crippen MR) is 81.0 cm³/mol. The summed E-state index contributed by atoms with van der Waals surface area (Å²) in [5, 5.41) is 14.4. The smallest absolute Gasteiger partial charge is 0.0828 e. The highest BCUT2D eigenvalue weighted by molar-refractivity contribution is 6.30. The second-order valence-electron chi connectivity index (χ2n) is 4.63. The summed E-state index contributed by atoms with van der Waals surface area (Å²) in [6.07, 6.45) is 0. The molecule has 0 aliphatic carbocycles. The minimum Gasteiger partial charge on any atom is -0.394 e. The third-order valence-electron chi connectivity index (χ3n) is 3.04. The van der Waals surface area contributed by atoms with Crippen molar-refractivity contribution in [1.82, 2.24) is 0 Å². The largest absolute Gasteiger partial charge is 0.394 e. The minimum absolute atomic E-state index is 0.0457. The summed E-state index contributed by atoms with van der Waals surface area (Å²) in [6.45, 7) is 1.88. The molecular formula is C15H15Cl2NO. The normalized spacial score (nSPS) is 13.9. The molecule has 19 heavy (non-hydrogen) atoms. The Kier molecular flexibility index (Phi) is 4.35. The first-order chi connectivity index (χ1) is 9.03. The molecule has 2 rings (SSSR count). The second-order valence-corrected chi connectivity index (χ2v) is 5.51. The summed E-state index contributed by atoms with van der Waals surface area (Å²) in [6, 6.07) is 14.8. The van der Waals surface area contributed by atoms with Gasteiger partial charge in [0.05, 0.1) is 12.1 Å². The van der Waals surface area contributed by atoms with E-state index in [-0.39, 0.29) is 6.61 Å². The van der Waals surface area contributed by atoms with Crippen LogP contribution in [0.25, 0.3) is 0 Å². The fraction of sp³-hybridized carbons (Fsp3) is 0.200. The van der Waals surface area contributed by atoms with E-state index in [1.165, 1.54) is 0 Å². The van der Waals surface area contributed by atoms with Crippen LogP contribution in [0.3, 0.4) is 0 Å². The van der Waals surface area contributed by atoms with Crippen LogP contribution < -0.4 is 5.32 Å². The summed E-state index contributed by atoms with van der Waals surface area (Å²) in [5.74, 6) is 0. The van der Waals surface area contributed by atoms with E-state index in [1.54, 1.807) is 12.1 Å². The molecule has 0 saturated carbocycles. The monoisotopic (exact) mass is 295 g/mol. The van der Waals surface area contributed by atoms with E-state index in [0.717, 1.165) is 11.3 Å². The summed E-state index contributed by atoms with van der Waals surface area (Å²) in [4.78, 5) is 0. The molecule has 1 atom stereocenters. The second kappa shape index (κ2) is 5.83. The summed E-state index contributed by atoms with van der Waals surface area (Å²) in [5.41, 5.74) is 1.22. The van der Waals surface area contributed by atoms with E-state index in [2.05, 4.69) is 5.32 Å². The maximum absolute atomic E-state index is 9.71. The van der Waals surface area contributed by atoms with Crippen molar-refractivity contribution in [3.05, 3.63) is 64.1 Å². The zero-order valence-electron chi connectivity index (χ0n) is 10.5. The summed E-state index contributed by atoms with van der Waals surface area (Å²) >= 11 is 11.9. The number of anilines is 1. The van der Waals surface area contributed by atoms with Gasteiger partial charge >= 0.3 is 0 Å². The van der Waals surface area contributed by atoms with E-state index in [4.69, 9.17) is 23.2 Å². The Hall–Kier alpha value is -1.22. The van der Waals surface area contributed by atoms with Gasteiger partial charge in [-0.05, 0) is 48.9 Å². The maximum Gasteiger partial charge on any atom is 0.0828 e. The van der Waals surface area contributed by atoms with Gasteiger partial charge < -0.3 is 10.4 Å². The lowest BCUT2D eigenvalue weighted by molar-refractivity contribution is 0.224. The van der Waals surface area contributed by atoms with Crippen LogP contribution in [0.2, 0.25) is 10.0 Å². The van der Waals surface area contributed by atoms with Crippen LogP contribution in [-0.2, 0) is 5.54 Å². The van der Waals surface area contributed by atoms with Gasteiger partial charge in [0.15, 0.2) is 0 Å². The average molecular weight is 296 g/mol. The lowest BCUT2D eigenvalue weighted by Crippen LogP contribution is -2.35. The van der Waals surface area contributed by atoms with Gasteiger partial charge in [-0.15, -0.1) is 0 Å². The number of hydrogen-bond acceptors (Lipinski definition) is 2. The Bertz CT molecular complexity index is 556. The van der Waals surface area contributed by atoms with Gasteiger partial charge in [-0.25, -0.2) is 0 Å². The predicted octanol–water partition coefficient (Wildman–Crippen LogP) is 4.31. The van der Waals surface area contributed by atoms with Crippen molar-refractivity contribution in [2.75, 3.05) is 11.9 Å². The van der Waals surface area contributed by atoms with Crippen LogP contribution in [-0.4, -0.2) is 11.7 Å². The molecule has 100 valence electrons. The average Bonchev–Trinajstić information content (AvgIpc) is 2.41. The Labute approximate surface area is 123 Å². The van der Waals surface area contributed by atoms with E-state index < -0.39 is 5.54 Å². The molecule has 0 radical (unpaired) electrons. The van der Waals surface area contributed by atoms with Gasteiger partial charge in [-0.1, -0.05) is 35.3 Å². The summed E-state index contributed by atoms with van der Waals surface area (Å²) in [7, 11) is 0. The molecule has 0 heterocycles. The molecule has 0 aliphatic rings. The number of rotatable bonds is 4. The zero-order valence-corrected chi connectivity index (χ0v) is 12.0. The van der Waals surface area contributed by atoms with Gasteiger partial charge in [0.2, 0.25) is 0 Å². The van der Waals surface area contributed by atoms with Crippen LogP contribution in [0.1, 0.15) is 12.5 Å². The van der Waals surface area contributed by atoms with E-state index >= 15 is 0 Å². The Morgan fingerprint density at radius 3 is 2.32 bits per heavy atom. The fourth-order valence-electron chi connectivity index (χ4n) is 1.89. The number of hydrogen-bond donors (Lipinski definition) is 2. The van der Waals surface area contributed by atoms with Crippen molar-refractivity contribution in [2.24, 2.45) is 0 Å². The topological polar surface area (TPSA) is 32.3 Å². The molecule has 4 heteroatoms. The number of aliphatic hydroxyl groups excluding tert-OH is 1. The van der Waals surface area contributed by atoms with Crippen molar-refractivity contribution in [2.45, 2.75) is 12.5 Å². The Morgan fingerprint density at radius 2 is 1.74 bits per heavy atom. The maximum atomic E-state index is 9.71. The lowest BCUT2D eigenvalue weighted by atomic mass is 9.92. The molecule has 2 N–H and O–H groups in total. The van der Waals surface area contributed by atoms with Crippen molar-refractivity contribution in [1.29, 1.82) is 0 Å². The van der Waals surface area contributed by atoms with Crippen LogP contribution in [0.15, 0.2) is 48.5 Å². The number of nitrogens with one attached hydrogen (secondary N) is 1. The number of benzene rings is 2. The molecule has 0 bridgehead atoms. The van der Waals surface area contributed by atoms with Gasteiger partial charge in [0, 0.05) is 15.7 Å². The first-order valence-electron chi connectivity index (χ1n) is 5.94. The van der Waals surface area contributed by atoms with Gasteiger partial charge in [0.1, 0.15) is 0 Å². The van der Waals surface area contributed by atoms with Gasteiger partial charge in [-0.2, -0.15) is 0 Å². The standard InChI is InChI=1S/C15H15Cl2NO/c1-15(10-19,11-3-2-4-13(17)9-11)18-14-7-5-12(16)6-8-14/h2-9,18-19H,10H2,1H3. The molecule has 2 nitrogen and oxygen atoms in total. The highest BCUT2D eigenvalue weighted by atomic mass is 35.5. The lowest BCUT2D eigenvalue weighted by Gasteiger charge is -2.30. The molecule has 2 aromatic carbocycles. The van der Waals surface area contributed by atoms with Crippen LogP contribution in [0.5, 0.6) is 0 Å². The SMILES string of the molecule is CC(CO)(Nc1ccc(Cl)cc1)c1cccc(Cl)c1. The molecule has 0 spiro atoms. The molecule has 0 fully saturated rings. The van der Waals surface area contributed by atoms with E-state index in [9.17, 15) is 5.11 Å². The van der Waals surface area contributed by atoms with E-state index in [0.29, 0.717) is 10.0 Å². The third kappa shape index (κ3) is 3.41. The molecule has 0 amide bonds. The Balaban J connectivity index is 2.30. The summed E-state index contributed by atoms with van der Waals surface area (Å²) < 4.78 is 0. The number of halogens is 2. The van der Waals surface area contributed by atoms with Crippen LogP contribution in [0, 0.1) is 0 Å². The fourth-order valence-corrected chi connectivity index (χ4v) is 2.20. The molecule has 2 aromatic rings. The quantitative estimate of drug-likeness (QED) is 0.881. The van der Waals surface area contributed by atoms with Crippen molar-refractivity contribution >= 4 is 28.9 Å². The number of aliphatic hydroxyl groups is 1. The Morgan fingerprint density at radius 1 is 1.05 bits per heavy atom. The zero-order chi connectivity index (χ0) is 13.9. The minimum atomic E-state index is -0.598. The molecular weight excluding hydrogens is 281 g/mol.